The van der Waals surface area contributed by atoms with Crippen molar-refractivity contribution in [1.82, 2.24) is 15.1 Å². The Labute approximate surface area is 341 Å². The minimum absolute atomic E-state index is 0.0158. The minimum Gasteiger partial charge on any atom is -0.469 e. The minimum atomic E-state index is -0.657. The third kappa shape index (κ3) is 8.49. The van der Waals surface area contributed by atoms with Gasteiger partial charge in [-0.15, -0.1) is 0 Å². The van der Waals surface area contributed by atoms with Gasteiger partial charge in [-0.3, -0.25) is 24.4 Å². The number of nitrogens with zero attached hydrogens (tertiary/aromatic N) is 4. The summed E-state index contributed by atoms with van der Waals surface area (Å²) in [7, 11) is 2.67. The van der Waals surface area contributed by atoms with Crippen LogP contribution in [0.3, 0.4) is 0 Å². The molecule has 0 aliphatic carbocycles. The van der Waals surface area contributed by atoms with Gasteiger partial charge in [-0.1, -0.05) is 88.4 Å². The first-order valence-electron chi connectivity index (χ1n) is 20.6. The molecule has 0 radical (unpaired) electrons. The molecule has 7 rings (SSSR count). The molecule has 1 N–H and O–H groups in total. The Morgan fingerprint density at radius 1 is 0.707 bits per heavy atom. The molecule has 3 aromatic carbocycles. The molecule has 2 saturated heterocycles. The Kier molecular flexibility index (Phi) is 12.3. The average Bonchev–Trinajstić information content (AvgIpc) is 4.07. The molecule has 3 amide bonds. The van der Waals surface area contributed by atoms with Crippen molar-refractivity contribution in [3.8, 4) is 22.3 Å². The van der Waals surface area contributed by atoms with Crippen LogP contribution in [-0.4, -0.2) is 90.5 Å². The van der Waals surface area contributed by atoms with Crippen molar-refractivity contribution in [3.05, 3.63) is 84.1 Å². The molecule has 0 saturated carbocycles. The number of allylic oxidation sites excluding steroid dienone is 1. The lowest BCUT2D eigenvalue weighted by Crippen LogP contribution is -2.53. The van der Waals surface area contributed by atoms with Crippen molar-refractivity contribution in [2.75, 3.05) is 27.3 Å². The van der Waals surface area contributed by atoms with Gasteiger partial charge in [0.15, 0.2) is 0 Å². The zero-order valence-corrected chi connectivity index (χ0v) is 34.5. The molecule has 2 fully saturated rings. The number of carbonyl (C=O) groups excluding carboxylic acids is 4. The first-order chi connectivity index (χ1) is 27.9. The van der Waals surface area contributed by atoms with E-state index in [0.29, 0.717) is 25.9 Å². The fourth-order valence-electron chi connectivity index (χ4n) is 8.85. The van der Waals surface area contributed by atoms with Crippen LogP contribution in [0.4, 0.5) is 10.5 Å². The molecule has 4 aliphatic rings. The topological polar surface area (TPSA) is 130 Å². The van der Waals surface area contributed by atoms with Crippen LogP contribution in [0.25, 0.3) is 27.8 Å². The van der Waals surface area contributed by atoms with Crippen LogP contribution in [0.1, 0.15) is 77.3 Å². The summed E-state index contributed by atoms with van der Waals surface area (Å²) >= 11 is 0. The maximum atomic E-state index is 13.6. The highest BCUT2D eigenvalue weighted by Crippen LogP contribution is 2.37. The summed E-state index contributed by atoms with van der Waals surface area (Å²) in [4.78, 5) is 65.1. The third-order valence-corrected chi connectivity index (χ3v) is 12.3. The molecular weight excluding hydrogens is 731 g/mol. The molecule has 4 aliphatic heterocycles. The zero-order valence-electron chi connectivity index (χ0n) is 34.5. The Morgan fingerprint density at radius 2 is 1.28 bits per heavy atom. The number of likely N-dealkylation sites (tertiary alicyclic amines) is 2. The van der Waals surface area contributed by atoms with Crippen molar-refractivity contribution < 1.29 is 28.7 Å². The lowest BCUT2D eigenvalue weighted by Gasteiger charge is -2.30. The SMILES string of the molecule is COC(=O)C[C@H](C(=O)N1CCC[C@H]1C1=NC=C(c2ccc(-c3ccc(-c4ccc5c(c4)N=C([C@@H]4CCCN4C(=O)[C@@H](NC(=O)OC)C(C)C)C5)cc3)cc2)C1)C(C)C. The van der Waals surface area contributed by atoms with Gasteiger partial charge in [0, 0.05) is 43.6 Å². The number of hydrogen-bond donors (Lipinski definition) is 1. The number of esters is 1. The van der Waals surface area contributed by atoms with E-state index in [2.05, 4.69) is 72.0 Å². The van der Waals surface area contributed by atoms with Gasteiger partial charge in [-0.05, 0) is 82.5 Å². The summed E-state index contributed by atoms with van der Waals surface area (Å²) in [6, 6.07) is 22.8. The number of rotatable bonds is 12. The number of methoxy groups -OCH3 is 2. The summed E-state index contributed by atoms with van der Waals surface area (Å²) in [5.41, 5.74) is 10.8. The normalized spacial score (nSPS) is 19.8. The van der Waals surface area contributed by atoms with E-state index in [1.165, 1.54) is 14.2 Å². The van der Waals surface area contributed by atoms with Gasteiger partial charge >= 0.3 is 12.1 Å². The second-order valence-electron chi connectivity index (χ2n) is 16.6. The molecule has 4 heterocycles. The molecule has 4 atom stereocenters. The Bertz CT molecular complexity index is 2140. The number of aliphatic imine (C=N–C) groups is 2. The van der Waals surface area contributed by atoms with E-state index in [1.807, 2.05) is 43.7 Å². The largest absolute Gasteiger partial charge is 0.469 e. The molecule has 0 unspecified atom stereocenters. The number of amides is 3. The first-order valence-corrected chi connectivity index (χ1v) is 20.6. The van der Waals surface area contributed by atoms with Gasteiger partial charge in [0.1, 0.15) is 6.04 Å². The van der Waals surface area contributed by atoms with E-state index >= 15 is 0 Å². The highest BCUT2D eigenvalue weighted by Gasteiger charge is 2.40. The number of alkyl carbamates (subject to hydrolysis) is 1. The van der Waals surface area contributed by atoms with Gasteiger partial charge in [-0.25, -0.2) is 4.79 Å². The number of carbonyl (C=O) groups is 4. The van der Waals surface area contributed by atoms with Crippen LogP contribution in [0.15, 0.2) is 82.9 Å². The molecule has 0 spiro atoms. The monoisotopic (exact) mass is 785 g/mol. The van der Waals surface area contributed by atoms with Crippen molar-refractivity contribution >= 4 is 46.6 Å². The lowest BCUT2D eigenvalue weighted by molar-refractivity contribution is -0.148. The molecule has 11 heteroatoms. The van der Waals surface area contributed by atoms with E-state index < -0.39 is 18.1 Å². The second-order valence-corrected chi connectivity index (χ2v) is 16.6. The number of fused-ring (bicyclic) bond motifs is 1. The van der Waals surface area contributed by atoms with E-state index in [1.54, 1.807) is 0 Å². The number of benzene rings is 3. The Balaban J connectivity index is 0.978. The zero-order chi connectivity index (χ0) is 41.1. The van der Waals surface area contributed by atoms with Crippen LogP contribution < -0.4 is 5.32 Å². The summed E-state index contributed by atoms with van der Waals surface area (Å²) < 4.78 is 9.67. The van der Waals surface area contributed by atoms with E-state index in [4.69, 9.17) is 19.5 Å². The highest BCUT2D eigenvalue weighted by molar-refractivity contribution is 6.04. The molecule has 0 aromatic heterocycles. The second kappa shape index (κ2) is 17.5. The van der Waals surface area contributed by atoms with E-state index in [-0.39, 0.29) is 48.1 Å². The quantitative estimate of drug-likeness (QED) is 0.185. The van der Waals surface area contributed by atoms with Gasteiger partial charge in [0.2, 0.25) is 11.8 Å². The Hall–Kier alpha value is -5.58. The molecular formula is C47H55N5O6. The van der Waals surface area contributed by atoms with Gasteiger partial charge in [0.25, 0.3) is 0 Å². The highest BCUT2D eigenvalue weighted by atomic mass is 16.5. The summed E-state index contributed by atoms with van der Waals surface area (Å²) in [6.45, 7) is 9.13. The number of ether oxygens (including phenoxy) is 2. The van der Waals surface area contributed by atoms with Crippen LogP contribution in [-0.2, 0) is 30.3 Å². The molecule has 58 heavy (non-hydrogen) atoms. The van der Waals surface area contributed by atoms with Gasteiger partial charge in [-0.2, -0.15) is 0 Å². The first kappa shape index (κ1) is 40.6. The molecule has 304 valence electrons. The van der Waals surface area contributed by atoms with Crippen molar-refractivity contribution in [1.29, 1.82) is 0 Å². The van der Waals surface area contributed by atoms with Crippen molar-refractivity contribution in [2.45, 2.75) is 90.8 Å². The smallest absolute Gasteiger partial charge is 0.407 e. The van der Waals surface area contributed by atoms with Crippen LogP contribution in [0.2, 0.25) is 0 Å². The fraction of sp³-hybridized carbons (Fsp3) is 0.447. The fourth-order valence-corrected chi connectivity index (χ4v) is 8.85. The molecule has 0 bridgehead atoms. The Morgan fingerprint density at radius 3 is 1.86 bits per heavy atom. The predicted molar refractivity (Wildman–Crippen MR) is 227 cm³/mol. The number of nitrogens with one attached hydrogen (secondary N) is 1. The van der Waals surface area contributed by atoms with Crippen molar-refractivity contribution in [3.63, 3.8) is 0 Å². The van der Waals surface area contributed by atoms with Crippen LogP contribution in [0.5, 0.6) is 0 Å². The van der Waals surface area contributed by atoms with Crippen LogP contribution in [0, 0.1) is 17.8 Å². The molecule has 3 aromatic rings. The molecule has 11 nitrogen and oxygen atoms in total. The summed E-state index contributed by atoms with van der Waals surface area (Å²) in [5, 5.41) is 2.73. The number of hydrogen-bond acceptors (Lipinski definition) is 8. The van der Waals surface area contributed by atoms with Gasteiger partial charge in [0.05, 0.1) is 44.3 Å². The third-order valence-electron chi connectivity index (χ3n) is 12.3. The maximum absolute atomic E-state index is 13.6. The standard InChI is InChI=1S/C47H55N5O6/c1-28(2)37(26-43(53)57-5)45(54)51-21-7-9-41(51)39-25-36(27-48-39)33-17-13-31(14-18-33)30-11-15-32(16-12-30)34-19-20-35-24-40(49-38(35)23-34)42-10-8-22-52(42)46(55)44(29(3)4)50-47(56)58-6/h11-20,23,27-29,37,41-42,44H,7-10,21-22,24-26H2,1-6H3,(H,50,56)/t37-,41-,42-,44-/m0/s1. The van der Waals surface area contributed by atoms with Crippen molar-refractivity contribution in [2.24, 2.45) is 27.7 Å². The van der Waals surface area contributed by atoms with E-state index in [0.717, 1.165) is 81.7 Å². The lowest BCUT2D eigenvalue weighted by atomic mass is 9.90. The van der Waals surface area contributed by atoms with Gasteiger partial charge < -0.3 is 24.6 Å². The summed E-state index contributed by atoms with van der Waals surface area (Å²) in [5.74, 6) is -0.888. The van der Waals surface area contributed by atoms with Crippen LogP contribution >= 0.6 is 0 Å². The van der Waals surface area contributed by atoms with E-state index in [9.17, 15) is 19.2 Å². The maximum Gasteiger partial charge on any atom is 0.407 e. The average molecular weight is 786 g/mol. The summed E-state index contributed by atoms with van der Waals surface area (Å²) in [6.07, 6.45) is 6.38. The predicted octanol–water partition coefficient (Wildman–Crippen LogP) is 8.03.